The molecule has 4 rings (SSSR count). The molecule has 0 atom stereocenters. The van der Waals surface area contributed by atoms with Crippen molar-refractivity contribution in [3.8, 4) is 5.75 Å². The summed E-state index contributed by atoms with van der Waals surface area (Å²) in [6, 6.07) is 14.5. The van der Waals surface area contributed by atoms with E-state index in [1.807, 2.05) is 30.6 Å². The Morgan fingerprint density at radius 3 is 2.22 bits per heavy atom. The third-order valence-electron chi connectivity index (χ3n) is 3.72. The normalized spacial score (nSPS) is 12.5. The van der Waals surface area contributed by atoms with Crippen LogP contribution in [-0.2, 0) is 0 Å². The van der Waals surface area contributed by atoms with Crippen molar-refractivity contribution in [1.29, 1.82) is 0 Å². The van der Waals surface area contributed by atoms with Gasteiger partial charge in [0, 0.05) is 0 Å². The van der Waals surface area contributed by atoms with E-state index in [1.54, 1.807) is 7.11 Å². The molecule has 0 radical (unpaired) electrons. The van der Waals surface area contributed by atoms with Gasteiger partial charge >= 0.3 is 141 Å². The molecule has 0 bridgehead atoms. The molecule has 23 heavy (non-hydrogen) atoms. The van der Waals surface area contributed by atoms with Crippen LogP contribution < -0.4 is 18.6 Å². The second kappa shape index (κ2) is 5.69. The Morgan fingerprint density at radius 2 is 1.61 bits per heavy atom. The van der Waals surface area contributed by atoms with E-state index in [0.717, 1.165) is 28.6 Å². The van der Waals surface area contributed by atoms with Crippen molar-refractivity contribution >= 4 is 41.2 Å². The van der Waals surface area contributed by atoms with Gasteiger partial charge in [-0.3, -0.25) is 0 Å². The van der Waals surface area contributed by atoms with Gasteiger partial charge in [0.05, 0.1) is 0 Å². The summed E-state index contributed by atoms with van der Waals surface area (Å²) in [5, 5.41) is 0. The third-order valence-corrected chi connectivity index (χ3v) is 5.98. The quantitative estimate of drug-likeness (QED) is 0.509. The number of benzene rings is 1. The average Bonchev–Trinajstić information content (AvgIpc) is 2.60. The van der Waals surface area contributed by atoms with E-state index in [2.05, 4.69) is 46.1 Å². The van der Waals surface area contributed by atoms with E-state index in [4.69, 9.17) is 4.74 Å². The number of pyridine rings is 2. The van der Waals surface area contributed by atoms with Crippen molar-refractivity contribution in [2.24, 2.45) is 0 Å². The van der Waals surface area contributed by atoms with Crippen molar-refractivity contribution in [2.75, 3.05) is 12.0 Å². The van der Waals surface area contributed by atoms with Gasteiger partial charge in [-0.05, 0) is 0 Å². The van der Waals surface area contributed by atoms with E-state index in [1.165, 1.54) is 8.92 Å². The van der Waals surface area contributed by atoms with Gasteiger partial charge in [0.15, 0.2) is 0 Å². The summed E-state index contributed by atoms with van der Waals surface area (Å²) in [7, 11) is 1.70. The molecule has 0 fully saturated rings. The van der Waals surface area contributed by atoms with Crippen LogP contribution in [0.2, 0.25) is 0 Å². The van der Waals surface area contributed by atoms with Crippen LogP contribution in [0.3, 0.4) is 0 Å². The zero-order chi connectivity index (χ0) is 15.8. The Hall–Kier alpha value is -2.36. The predicted octanol–water partition coefficient (Wildman–Crippen LogP) is 2.23. The molecule has 1 aliphatic rings. The van der Waals surface area contributed by atoms with Gasteiger partial charge in [0.2, 0.25) is 0 Å². The number of aryl methyl sites for hydroxylation is 1. The molecular formula is C18H15N3OSe. The minimum atomic E-state index is 0.210. The Kier molecular flexibility index (Phi) is 3.52. The van der Waals surface area contributed by atoms with Gasteiger partial charge in [0.25, 0.3) is 0 Å². The standard InChI is InChI=1S/C18H15N3OSe/c1-12-7-8-13(14(11-12)22-2)21-17-15(5-3-9-19-17)23-16-6-4-10-20-18(16)21/h3-11H,1-2H3. The zero-order valence-electron chi connectivity index (χ0n) is 12.9. The first-order chi connectivity index (χ1) is 11.3. The van der Waals surface area contributed by atoms with Gasteiger partial charge in [-0.2, -0.15) is 0 Å². The van der Waals surface area contributed by atoms with Gasteiger partial charge in [-0.15, -0.1) is 0 Å². The molecule has 0 amide bonds. The van der Waals surface area contributed by atoms with Gasteiger partial charge in [-0.25, -0.2) is 0 Å². The maximum atomic E-state index is 5.62. The molecule has 0 saturated carbocycles. The van der Waals surface area contributed by atoms with Crippen molar-refractivity contribution in [3.05, 3.63) is 60.4 Å². The first-order valence-electron chi connectivity index (χ1n) is 7.30. The molecule has 4 nitrogen and oxygen atoms in total. The number of hydrogen-bond donors (Lipinski definition) is 0. The molecule has 5 heteroatoms. The van der Waals surface area contributed by atoms with E-state index in [9.17, 15) is 0 Å². The van der Waals surface area contributed by atoms with E-state index in [0.29, 0.717) is 0 Å². The van der Waals surface area contributed by atoms with E-state index >= 15 is 0 Å². The summed E-state index contributed by atoms with van der Waals surface area (Å²) in [5.41, 5.74) is 2.13. The monoisotopic (exact) mass is 369 g/mol. The Labute approximate surface area is 141 Å². The first-order valence-corrected chi connectivity index (χ1v) is 9.02. The second-order valence-electron chi connectivity index (χ2n) is 5.26. The summed E-state index contributed by atoms with van der Waals surface area (Å²) in [5.74, 6) is 2.72. The van der Waals surface area contributed by atoms with E-state index < -0.39 is 0 Å². The molecule has 0 spiro atoms. The van der Waals surface area contributed by atoms with Crippen molar-refractivity contribution in [2.45, 2.75) is 6.92 Å². The van der Waals surface area contributed by atoms with Crippen molar-refractivity contribution in [1.82, 2.24) is 9.97 Å². The SMILES string of the molecule is COc1cc(C)ccc1N1c2ncccc2[Se]c2cccnc21. The number of methoxy groups -OCH3 is 1. The van der Waals surface area contributed by atoms with Gasteiger partial charge in [0.1, 0.15) is 0 Å². The molecule has 3 heterocycles. The van der Waals surface area contributed by atoms with Crippen LogP contribution in [0, 0.1) is 6.92 Å². The molecule has 0 saturated heterocycles. The molecule has 3 aromatic rings. The van der Waals surface area contributed by atoms with Crippen LogP contribution >= 0.6 is 0 Å². The van der Waals surface area contributed by atoms with Crippen LogP contribution in [0.15, 0.2) is 54.9 Å². The number of rotatable bonds is 2. The fourth-order valence-corrected chi connectivity index (χ4v) is 4.78. The van der Waals surface area contributed by atoms with Crippen molar-refractivity contribution < 1.29 is 4.74 Å². The first kappa shape index (κ1) is 14.2. The molecule has 1 aliphatic heterocycles. The Balaban J connectivity index is 1.98. The Bertz CT molecular complexity index is 836. The summed E-state index contributed by atoms with van der Waals surface area (Å²) in [4.78, 5) is 11.3. The number of ether oxygens (including phenoxy) is 1. The van der Waals surface area contributed by atoms with Crippen LogP contribution in [0.4, 0.5) is 17.3 Å². The number of hydrogen-bond acceptors (Lipinski definition) is 4. The van der Waals surface area contributed by atoms with Gasteiger partial charge < -0.3 is 0 Å². The van der Waals surface area contributed by atoms with Crippen LogP contribution in [0.25, 0.3) is 0 Å². The summed E-state index contributed by atoms with van der Waals surface area (Å²) >= 11 is 0.210. The minimum absolute atomic E-state index is 0.210. The second-order valence-corrected chi connectivity index (χ2v) is 7.54. The summed E-state index contributed by atoms with van der Waals surface area (Å²) in [6.07, 6.45) is 3.66. The number of anilines is 3. The van der Waals surface area contributed by atoms with Gasteiger partial charge in [-0.1, -0.05) is 0 Å². The summed E-state index contributed by atoms with van der Waals surface area (Å²) in [6.45, 7) is 2.06. The fraction of sp³-hybridized carbons (Fsp3) is 0.111. The van der Waals surface area contributed by atoms with Crippen molar-refractivity contribution in [3.63, 3.8) is 0 Å². The fourth-order valence-electron chi connectivity index (χ4n) is 2.68. The van der Waals surface area contributed by atoms with Crippen LogP contribution in [0.1, 0.15) is 5.56 Å². The molecule has 0 N–H and O–H groups in total. The molecule has 0 unspecified atom stereocenters. The number of aromatic nitrogens is 2. The number of fused-ring (bicyclic) bond motifs is 2. The molecule has 2 aromatic heterocycles. The van der Waals surface area contributed by atoms with Crippen LogP contribution in [0.5, 0.6) is 5.75 Å². The molecule has 1 aromatic carbocycles. The number of nitrogens with zero attached hydrogens (tertiary/aromatic N) is 3. The predicted molar refractivity (Wildman–Crippen MR) is 93.0 cm³/mol. The molecular weight excluding hydrogens is 353 g/mol. The third kappa shape index (κ3) is 2.38. The Morgan fingerprint density at radius 1 is 0.957 bits per heavy atom. The van der Waals surface area contributed by atoms with E-state index in [-0.39, 0.29) is 15.0 Å². The molecule has 114 valence electrons. The molecule has 0 aliphatic carbocycles. The maximum absolute atomic E-state index is 5.62. The average molecular weight is 368 g/mol. The van der Waals surface area contributed by atoms with Crippen LogP contribution in [-0.4, -0.2) is 32.0 Å². The zero-order valence-corrected chi connectivity index (χ0v) is 14.6. The summed E-state index contributed by atoms with van der Waals surface area (Å²) < 4.78 is 8.12. The topological polar surface area (TPSA) is 38.2 Å².